The molecule has 1 saturated heterocycles. The van der Waals surface area contributed by atoms with Crippen molar-refractivity contribution in [3.63, 3.8) is 0 Å². The zero-order chi connectivity index (χ0) is 28.6. The number of amides is 2. The molecule has 2 amide bonds. The van der Waals surface area contributed by atoms with Crippen molar-refractivity contribution in [2.75, 3.05) is 46.9 Å². The van der Waals surface area contributed by atoms with E-state index in [4.69, 9.17) is 4.74 Å². The number of hydrogen-bond donors (Lipinski definition) is 2. The molecule has 0 radical (unpaired) electrons. The van der Waals surface area contributed by atoms with Gasteiger partial charge in [-0.2, -0.15) is 0 Å². The fraction of sp³-hybridized carbons (Fsp3) is 0.412. The van der Waals surface area contributed by atoms with E-state index in [1.165, 1.54) is 5.56 Å². The molecule has 7 heteroatoms. The minimum absolute atomic E-state index is 0.0297. The molecule has 2 aliphatic rings. The minimum atomic E-state index is -0.521. The van der Waals surface area contributed by atoms with Gasteiger partial charge in [0.05, 0.1) is 7.11 Å². The van der Waals surface area contributed by atoms with Gasteiger partial charge in [-0.1, -0.05) is 54.6 Å². The Kier molecular flexibility index (Phi) is 9.70. The van der Waals surface area contributed by atoms with Crippen LogP contribution in [0, 0.1) is 0 Å². The van der Waals surface area contributed by atoms with E-state index in [1.807, 2.05) is 59.5 Å². The first-order chi connectivity index (χ1) is 20.0. The number of nitrogens with zero attached hydrogens (tertiary/aromatic N) is 2. The van der Waals surface area contributed by atoms with Gasteiger partial charge >= 0.3 is 0 Å². The number of rotatable bonds is 12. The lowest BCUT2D eigenvalue weighted by Gasteiger charge is -2.34. The van der Waals surface area contributed by atoms with Crippen LogP contribution in [0.25, 0.3) is 11.1 Å². The number of ether oxygens (including phenoxy) is 1. The normalized spacial score (nSPS) is 19.4. The van der Waals surface area contributed by atoms with Crippen LogP contribution in [-0.2, 0) is 4.79 Å². The Labute approximate surface area is 243 Å². The number of carbonyl (C=O) groups is 2. The van der Waals surface area contributed by atoms with Crippen LogP contribution in [0.2, 0.25) is 0 Å². The highest BCUT2D eigenvalue weighted by atomic mass is 16.5. The monoisotopic (exact) mass is 554 g/mol. The highest BCUT2D eigenvalue weighted by Gasteiger charge is 2.37. The van der Waals surface area contributed by atoms with Crippen molar-refractivity contribution in [2.24, 2.45) is 0 Å². The summed E-state index contributed by atoms with van der Waals surface area (Å²) < 4.78 is 5.27. The van der Waals surface area contributed by atoms with Crippen LogP contribution in [0.3, 0.4) is 0 Å². The van der Waals surface area contributed by atoms with Crippen LogP contribution in [0.1, 0.15) is 47.5 Å². The minimum Gasteiger partial charge on any atom is -0.497 e. The Morgan fingerprint density at radius 3 is 2.24 bits per heavy atom. The number of nitrogens with one attached hydrogen (secondary N) is 2. The topological polar surface area (TPSA) is 73.9 Å². The summed E-state index contributed by atoms with van der Waals surface area (Å²) in [6, 6.07) is 26.0. The average Bonchev–Trinajstić information content (AvgIpc) is 3.80. The molecule has 1 heterocycles. The number of methoxy groups -OCH3 is 1. The molecule has 2 N–H and O–H groups in total. The molecule has 1 aliphatic heterocycles. The lowest BCUT2D eigenvalue weighted by atomic mass is 10.0. The molecule has 216 valence electrons. The molecular formula is C34H42N4O3. The summed E-state index contributed by atoms with van der Waals surface area (Å²) >= 11 is 0. The Hall–Kier alpha value is -3.68. The second kappa shape index (κ2) is 13.8. The maximum absolute atomic E-state index is 13.5. The van der Waals surface area contributed by atoms with Crippen molar-refractivity contribution >= 4 is 11.8 Å². The number of benzene rings is 3. The molecular weight excluding hydrogens is 512 g/mol. The smallest absolute Gasteiger partial charge is 0.251 e. The molecule has 0 aromatic heterocycles. The number of piperazine rings is 1. The second-order valence-corrected chi connectivity index (χ2v) is 11.3. The summed E-state index contributed by atoms with van der Waals surface area (Å²) in [6.45, 7) is 4.01. The van der Waals surface area contributed by atoms with E-state index in [9.17, 15) is 9.59 Å². The Morgan fingerprint density at radius 2 is 1.56 bits per heavy atom. The van der Waals surface area contributed by atoms with Gasteiger partial charge < -0.3 is 25.2 Å². The molecule has 3 aromatic rings. The molecule has 1 saturated carbocycles. The summed E-state index contributed by atoms with van der Waals surface area (Å²) in [7, 11) is 3.76. The van der Waals surface area contributed by atoms with E-state index >= 15 is 0 Å². The molecule has 0 bridgehead atoms. The predicted octanol–water partition coefficient (Wildman–Crippen LogP) is 4.55. The average molecular weight is 555 g/mol. The fourth-order valence-electron chi connectivity index (χ4n) is 5.59. The Balaban J connectivity index is 1.13. The standard InChI is InChI=1S/C34H42N4O3/c1-37-20-22-38(23-21-37)34(40)31(36-33(39)28-13-11-26(12-14-28)25-8-4-3-5-9-25)10-6-7-19-35-32-24-30(32)27-15-17-29(41-2)18-16-27/h3-5,8-9,11-18,30-32,35H,6-7,10,19-24H2,1-2H3,(H,36,39)/t30-,31-,32?/m0/s1. The molecule has 1 unspecified atom stereocenters. The molecule has 7 nitrogen and oxygen atoms in total. The van der Waals surface area contributed by atoms with Crippen molar-refractivity contribution in [1.29, 1.82) is 0 Å². The number of unbranched alkanes of at least 4 members (excludes halogenated alkanes) is 1. The Morgan fingerprint density at radius 1 is 0.878 bits per heavy atom. The second-order valence-electron chi connectivity index (χ2n) is 11.3. The number of hydrogen-bond acceptors (Lipinski definition) is 5. The van der Waals surface area contributed by atoms with Gasteiger partial charge in [0, 0.05) is 43.7 Å². The first kappa shape index (κ1) is 28.8. The fourth-order valence-corrected chi connectivity index (χ4v) is 5.59. The van der Waals surface area contributed by atoms with Crippen LogP contribution in [-0.4, -0.2) is 80.6 Å². The van der Waals surface area contributed by atoms with E-state index in [0.717, 1.165) is 55.8 Å². The maximum Gasteiger partial charge on any atom is 0.251 e. The van der Waals surface area contributed by atoms with E-state index < -0.39 is 6.04 Å². The summed E-state index contributed by atoms with van der Waals surface area (Å²) in [5.74, 6) is 1.27. The third-order valence-electron chi connectivity index (χ3n) is 8.33. The third kappa shape index (κ3) is 7.75. The van der Waals surface area contributed by atoms with Gasteiger partial charge in [-0.05, 0) is 80.2 Å². The molecule has 0 spiro atoms. The summed E-state index contributed by atoms with van der Waals surface area (Å²) in [6.07, 6.45) is 3.60. The van der Waals surface area contributed by atoms with Gasteiger partial charge in [0.15, 0.2) is 0 Å². The summed E-state index contributed by atoms with van der Waals surface area (Å²) in [4.78, 5) is 30.9. The van der Waals surface area contributed by atoms with E-state index in [0.29, 0.717) is 37.0 Å². The molecule has 3 atom stereocenters. The molecule has 2 fully saturated rings. The van der Waals surface area contributed by atoms with Crippen LogP contribution in [0.15, 0.2) is 78.9 Å². The lowest BCUT2D eigenvalue weighted by molar-refractivity contribution is -0.135. The lowest BCUT2D eigenvalue weighted by Crippen LogP contribution is -2.54. The van der Waals surface area contributed by atoms with Gasteiger partial charge in [0.2, 0.25) is 5.91 Å². The van der Waals surface area contributed by atoms with E-state index in [2.05, 4.69) is 46.8 Å². The van der Waals surface area contributed by atoms with Crippen molar-refractivity contribution in [3.05, 3.63) is 90.0 Å². The number of carbonyl (C=O) groups excluding carboxylic acids is 2. The van der Waals surface area contributed by atoms with Crippen molar-refractivity contribution < 1.29 is 14.3 Å². The largest absolute Gasteiger partial charge is 0.497 e. The highest BCUT2D eigenvalue weighted by Crippen LogP contribution is 2.41. The third-order valence-corrected chi connectivity index (χ3v) is 8.33. The van der Waals surface area contributed by atoms with Crippen molar-refractivity contribution in [2.45, 2.75) is 43.7 Å². The van der Waals surface area contributed by atoms with Crippen LogP contribution < -0.4 is 15.4 Å². The van der Waals surface area contributed by atoms with E-state index in [1.54, 1.807) is 7.11 Å². The van der Waals surface area contributed by atoms with Crippen LogP contribution in [0.5, 0.6) is 5.75 Å². The molecule has 41 heavy (non-hydrogen) atoms. The maximum atomic E-state index is 13.5. The van der Waals surface area contributed by atoms with Crippen LogP contribution >= 0.6 is 0 Å². The Bertz CT molecular complexity index is 1270. The molecule has 5 rings (SSSR count). The molecule has 3 aromatic carbocycles. The van der Waals surface area contributed by atoms with Gasteiger partial charge in [-0.3, -0.25) is 9.59 Å². The predicted molar refractivity (Wildman–Crippen MR) is 163 cm³/mol. The quantitative estimate of drug-likeness (QED) is 0.322. The van der Waals surface area contributed by atoms with Crippen LogP contribution in [0.4, 0.5) is 0 Å². The van der Waals surface area contributed by atoms with Gasteiger partial charge in [0.1, 0.15) is 11.8 Å². The van der Waals surface area contributed by atoms with Crippen molar-refractivity contribution in [1.82, 2.24) is 20.4 Å². The highest BCUT2D eigenvalue weighted by molar-refractivity contribution is 5.98. The van der Waals surface area contributed by atoms with Crippen molar-refractivity contribution in [3.8, 4) is 16.9 Å². The first-order valence-electron chi connectivity index (χ1n) is 14.8. The zero-order valence-corrected chi connectivity index (χ0v) is 24.2. The SMILES string of the molecule is COc1ccc([C@@H]2CC2NCCCC[C@H](NC(=O)c2ccc(-c3ccccc3)cc2)C(=O)N2CCN(C)CC2)cc1. The van der Waals surface area contributed by atoms with Gasteiger partial charge in [0.25, 0.3) is 5.91 Å². The first-order valence-corrected chi connectivity index (χ1v) is 14.8. The van der Waals surface area contributed by atoms with Gasteiger partial charge in [-0.15, -0.1) is 0 Å². The molecule has 1 aliphatic carbocycles. The van der Waals surface area contributed by atoms with E-state index in [-0.39, 0.29) is 11.8 Å². The summed E-state index contributed by atoms with van der Waals surface area (Å²) in [5, 5.41) is 6.75. The van der Waals surface area contributed by atoms with Gasteiger partial charge in [-0.25, -0.2) is 0 Å². The number of likely N-dealkylation sites (N-methyl/N-ethyl adjacent to an activating group) is 1. The zero-order valence-electron chi connectivity index (χ0n) is 24.2. The summed E-state index contributed by atoms with van der Waals surface area (Å²) in [5.41, 5.74) is 4.09.